The number of benzene rings is 2. The summed E-state index contributed by atoms with van der Waals surface area (Å²) >= 11 is 0. The first-order chi connectivity index (χ1) is 9.47. The molecule has 0 saturated carbocycles. The number of phenols is 1. The maximum atomic E-state index is 10.7. The Hall–Kier alpha value is -3.02. The van der Waals surface area contributed by atoms with Crippen LogP contribution in [0.3, 0.4) is 0 Å². The summed E-state index contributed by atoms with van der Waals surface area (Å²) in [6.07, 6.45) is 0. The van der Waals surface area contributed by atoms with Gasteiger partial charge >= 0.3 is 11.9 Å². The molecule has 0 heterocycles. The number of carbonyl (C=O) groups is 2. The summed E-state index contributed by atoms with van der Waals surface area (Å²) in [6, 6.07) is 9.29. The van der Waals surface area contributed by atoms with Crippen molar-refractivity contribution in [2.24, 2.45) is 0 Å². The lowest BCUT2D eigenvalue weighted by atomic mass is 10.2. The minimum absolute atomic E-state index is 0.0592. The van der Waals surface area contributed by atoms with Gasteiger partial charge in [-0.3, -0.25) is 0 Å². The van der Waals surface area contributed by atoms with Crippen LogP contribution in [0.5, 0.6) is 17.2 Å². The number of hydrogen-bond acceptors (Lipinski definition) is 4. The summed E-state index contributed by atoms with van der Waals surface area (Å²) in [4.78, 5) is 21.4. The van der Waals surface area contributed by atoms with E-state index in [0.717, 1.165) is 6.07 Å². The topological polar surface area (TPSA) is 104 Å². The van der Waals surface area contributed by atoms with E-state index in [0.29, 0.717) is 5.75 Å². The molecule has 0 amide bonds. The maximum Gasteiger partial charge on any atom is 0.335 e. The van der Waals surface area contributed by atoms with Crippen LogP contribution in [0.25, 0.3) is 0 Å². The van der Waals surface area contributed by atoms with E-state index in [1.54, 1.807) is 0 Å². The second-order valence-electron chi connectivity index (χ2n) is 3.92. The number of carboxylic acid groups (broad SMARTS) is 2. The fraction of sp³-hybridized carbons (Fsp3) is 0. The van der Waals surface area contributed by atoms with Gasteiger partial charge in [-0.15, -0.1) is 0 Å². The molecule has 102 valence electrons. The summed E-state index contributed by atoms with van der Waals surface area (Å²) in [5.41, 5.74) is 0.0545. The Labute approximate surface area is 113 Å². The molecule has 0 saturated heterocycles. The zero-order chi connectivity index (χ0) is 14.7. The molecule has 3 N–H and O–H groups in total. The van der Waals surface area contributed by atoms with Gasteiger partial charge in [0.25, 0.3) is 0 Å². The number of rotatable bonds is 4. The first-order valence-corrected chi connectivity index (χ1v) is 5.55. The van der Waals surface area contributed by atoms with Crippen LogP contribution in [0.2, 0.25) is 0 Å². The molecule has 2 rings (SSSR count). The summed E-state index contributed by atoms with van der Waals surface area (Å²) in [5, 5.41) is 27.2. The predicted octanol–water partition coefficient (Wildman–Crippen LogP) is 2.58. The van der Waals surface area contributed by atoms with E-state index in [9.17, 15) is 14.7 Å². The highest BCUT2D eigenvalue weighted by Gasteiger charge is 2.10. The average Bonchev–Trinajstić information content (AvgIpc) is 2.41. The first kappa shape index (κ1) is 13.4. The fourth-order valence-electron chi connectivity index (χ4n) is 1.53. The van der Waals surface area contributed by atoms with Crippen molar-refractivity contribution in [3.05, 3.63) is 53.6 Å². The van der Waals surface area contributed by atoms with Gasteiger partial charge in [-0.2, -0.15) is 0 Å². The molecule has 2 aromatic rings. The van der Waals surface area contributed by atoms with Crippen LogP contribution in [0.15, 0.2) is 42.5 Å². The molecule has 0 bridgehead atoms. The Morgan fingerprint density at radius 3 is 1.90 bits per heavy atom. The average molecular weight is 274 g/mol. The lowest BCUT2D eigenvalue weighted by Gasteiger charge is -2.08. The van der Waals surface area contributed by atoms with Gasteiger partial charge in [0.1, 0.15) is 5.75 Å². The quantitative estimate of drug-likeness (QED) is 0.791. The highest BCUT2D eigenvalue weighted by molar-refractivity contribution is 5.88. The van der Waals surface area contributed by atoms with Crippen molar-refractivity contribution in [3.8, 4) is 17.2 Å². The SMILES string of the molecule is O=C(O)c1ccc(Oc2ccc(C(=O)O)cc2O)cc1. The molecule has 0 aliphatic carbocycles. The molecule has 0 aromatic heterocycles. The van der Waals surface area contributed by atoms with Crippen LogP contribution in [-0.2, 0) is 0 Å². The largest absolute Gasteiger partial charge is 0.504 e. The van der Waals surface area contributed by atoms with E-state index >= 15 is 0 Å². The molecule has 6 nitrogen and oxygen atoms in total. The molecule has 20 heavy (non-hydrogen) atoms. The monoisotopic (exact) mass is 274 g/mol. The van der Waals surface area contributed by atoms with Crippen LogP contribution in [0, 0.1) is 0 Å². The number of ether oxygens (including phenoxy) is 1. The standard InChI is InChI=1S/C14H10O6/c15-11-7-9(14(18)19)3-6-12(11)20-10-4-1-8(2-5-10)13(16)17/h1-7,15H,(H,16,17)(H,18,19). The number of aromatic carboxylic acids is 2. The summed E-state index contributed by atoms with van der Waals surface area (Å²) < 4.78 is 5.34. The Balaban J connectivity index is 2.21. The number of phenolic OH excluding ortho intramolecular Hbond substituents is 1. The molecular formula is C14H10O6. The summed E-state index contributed by atoms with van der Waals surface area (Å²) in [6.45, 7) is 0. The van der Waals surface area contributed by atoms with E-state index in [1.165, 1.54) is 36.4 Å². The maximum absolute atomic E-state index is 10.7. The van der Waals surface area contributed by atoms with Gasteiger partial charge in [-0.1, -0.05) is 0 Å². The minimum atomic E-state index is -1.15. The van der Waals surface area contributed by atoms with Crippen LogP contribution in [0.4, 0.5) is 0 Å². The molecular weight excluding hydrogens is 264 g/mol. The molecule has 0 aliphatic heterocycles. The second kappa shape index (κ2) is 5.31. The van der Waals surface area contributed by atoms with Crippen molar-refractivity contribution in [2.75, 3.05) is 0 Å². The van der Waals surface area contributed by atoms with Gasteiger partial charge < -0.3 is 20.1 Å². The summed E-state index contributed by atoms with van der Waals surface area (Å²) in [7, 11) is 0. The summed E-state index contributed by atoms with van der Waals surface area (Å²) in [5.74, 6) is -2.11. The van der Waals surface area contributed by atoms with Crippen LogP contribution in [-0.4, -0.2) is 27.3 Å². The van der Waals surface area contributed by atoms with E-state index in [2.05, 4.69) is 0 Å². The van der Waals surface area contributed by atoms with Gasteiger partial charge in [0.2, 0.25) is 0 Å². The Morgan fingerprint density at radius 1 is 0.850 bits per heavy atom. The lowest BCUT2D eigenvalue weighted by molar-refractivity contribution is 0.0686. The Bertz CT molecular complexity index is 660. The van der Waals surface area contributed by atoms with E-state index in [-0.39, 0.29) is 22.6 Å². The molecule has 0 aliphatic rings. The molecule has 0 radical (unpaired) electrons. The zero-order valence-electron chi connectivity index (χ0n) is 10.1. The fourth-order valence-corrected chi connectivity index (χ4v) is 1.53. The molecule has 2 aromatic carbocycles. The second-order valence-corrected chi connectivity index (χ2v) is 3.92. The lowest BCUT2D eigenvalue weighted by Crippen LogP contribution is -1.97. The van der Waals surface area contributed by atoms with Gasteiger partial charge in [0.15, 0.2) is 11.5 Å². The molecule has 0 spiro atoms. The van der Waals surface area contributed by atoms with Crippen molar-refractivity contribution in [1.82, 2.24) is 0 Å². The first-order valence-electron chi connectivity index (χ1n) is 5.55. The van der Waals surface area contributed by atoms with E-state index < -0.39 is 11.9 Å². The van der Waals surface area contributed by atoms with E-state index in [4.69, 9.17) is 14.9 Å². The van der Waals surface area contributed by atoms with Gasteiger partial charge in [-0.05, 0) is 42.5 Å². The highest BCUT2D eigenvalue weighted by atomic mass is 16.5. The highest BCUT2D eigenvalue weighted by Crippen LogP contribution is 2.31. The van der Waals surface area contributed by atoms with Crippen molar-refractivity contribution >= 4 is 11.9 Å². The number of hydrogen-bond donors (Lipinski definition) is 3. The van der Waals surface area contributed by atoms with Crippen molar-refractivity contribution in [3.63, 3.8) is 0 Å². The predicted molar refractivity (Wildman–Crippen MR) is 68.5 cm³/mol. The van der Waals surface area contributed by atoms with Gasteiger partial charge in [0.05, 0.1) is 11.1 Å². The van der Waals surface area contributed by atoms with Crippen molar-refractivity contribution in [2.45, 2.75) is 0 Å². The van der Waals surface area contributed by atoms with Crippen LogP contribution >= 0.6 is 0 Å². The molecule has 0 atom stereocenters. The third kappa shape index (κ3) is 2.86. The van der Waals surface area contributed by atoms with Gasteiger partial charge in [-0.25, -0.2) is 9.59 Å². The number of carboxylic acids is 2. The normalized spacial score (nSPS) is 10.0. The Kier molecular flexibility index (Phi) is 3.56. The van der Waals surface area contributed by atoms with Crippen LogP contribution < -0.4 is 4.74 Å². The third-order valence-corrected chi connectivity index (χ3v) is 2.53. The molecule has 6 heteroatoms. The third-order valence-electron chi connectivity index (χ3n) is 2.53. The minimum Gasteiger partial charge on any atom is -0.504 e. The van der Waals surface area contributed by atoms with E-state index in [1.807, 2.05) is 0 Å². The smallest absolute Gasteiger partial charge is 0.335 e. The molecule has 0 fully saturated rings. The zero-order valence-corrected chi connectivity index (χ0v) is 10.1. The molecule has 0 unspecified atom stereocenters. The van der Waals surface area contributed by atoms with Crippen LogP contribution in [0.1, 0.15) is 20.7 Å². The van der Waals surface area contributed by atoms with Crippen molar-refractivity contribution in [1.29, 1.82) is 0 Å². The van der Waals surface area contributed by atoms with Gasteiger partial charge in [0, 0.05) is 0 Å². The number of aromatic hydroxyl groups is 1. The van der Waals surface area contributed by atoms with Crippen molar-refractivity contribution < 1.29 is 29.6 Å². The Morgan fingerprint density at radius 2 is 1.40 bits per heavy atom.